The third kappa shape index (κ3) is 4.40. The van der Waals surface area contributed by atoms with E-state index in [1.807, 2.05) is 0 Å². The maximum Gasteiger partial charge on any atom is 0.239 e. The number of nitrogens with zero attached hydrogens (tertiary/aromatic N) is 1. The molecule has 1 N–H and O–H groups in total. The van der Waals surface area contributed by atoms with Crippen molar-refractivity contribution >= 4 is 11.8 Å². The quantitative estimate of drug-likeness (QED) is 0.897. The van der Waals surface area contributed by atoms with E-state index >= 15 is 0 Å². The Labute approximate surface area is 119 Å². The van der Waals surface area contributed by atoms with Gasteiger partial charge < -0.3 is 14.6 Å². The molecule has 0 bridgehead atoms. The molecule has 110 valence electrons. The van der Waals surface area contributed by atoms with E-state index < -0.39 is 0 Å². The van der Waals surface area contributed by atoms with Crippen LogP contribution in [0, 0.1) is 0 Å². The zero-order chi connectivity index (χ0) is 14.4. The molecule has 0 spiro atoms. The van der Waals surface area contributed by atoms with E-state index in [1.165, 1.54) is 31.1 Å². The summed E-state index contributed by atoms with van der Waals surface area (Å²) in [7, 11) is 0. The Balaban J connectivity index is 1.83. The molecule has 1 aromatic heterocycles. The first-order valence-corrected chi connectivity index (χ1v) is 7.22. The minimum Gasteiger partial charge on any atom is -0.467 e. The van der Waals surface area contributed by atoms with Gasteiger partial charge in [0.25, 0.3) is 0 Å². The van der Waals surface area contributed by atoms with Crippen LogP contribution in [0.15, 0.2) is 22.8 Å². The van der Waals surface area contributed by atoms with Crippen molar-refractivity contribution in [1.82, 2.24) is 10.2 Å². The minimum atomic E-state index is -0.125. The topological polar surface area (TPSA) is 62.6 Å². The number of hydrogen-bond acceptors (Lipinski definition) is 3. The third-order valence-corrected chi connectivity index (χ3v) is 3.68. The van der Waals surface area contributed by atoms with E-state index in [0.717, 1.165) is 12.8 Å². The standard InChI is InChI=1S/C15H22N2O3/c1-12(18)17(10-14-8-5-9-20-14)11-15(19)16-13-6-3-2-4-7-13/h5,8-9,13H,2-4,6-7,10-11H2,1H3,(H,16,19). The minimum absolute atomic E-state index is 0.0846. The van der Waals surface area contributed by atoms with Crippen molar-refractivity contribution in [3.8, 4) is 0 Å². The van der Waals surface area contributed by atoms with Gasteiger partial charge in [-0.3, -0.25) is 9.59 Å². The average Bonchev–Trinajstić information content (AvgIpc) is 2.92. The SMILES string of the molecule is CC(=O)N(CC(=O)NC1CCCCC1)Cc1ccco1. The first kappa shape index (κ1) is 14.6. The summed E-state index contributed by atoms with van der Waals surface area (Å²) < 4.78 is 5.22. The second kappa shape index (κ2) is 7.12. The van der Waals surface area contributed by atoms with Gasteiger partial charge >= 0.3 is 0 Å². The number of hydrogen-bond donors (Lipinski definition) is 1. The van der Waals surface area contributed by atoms with Gasteiger partial charge in [-0.15, -0.1) is 0 Å². The van der Waals surface area contributed by atoms with Gasteiger partial charge in [-0.1, -0.05) is 19.3 Å². The molecule has 1 aromatic rings. The highest BCUT2D eigenvalue weighted by Gasteiger charge is 2.19. The second-order valence-corrected chi connectivity index (χ2v) is 5.36. The Hall–Kier alpha value is -1.78. The highest BCUT2D eigenvalue weighted by Crippen LogP contribution is 2.17. The molecule has 0 unspecified atom stereocenters. The fraction of sp³-hybridized carbons (Fsp3) is 0.600. The van der Waals surface area contributed by atoms with Crippen LogP contribution in [0.3, 0.4) is 0 Å². The van der Waals surface area contributed by atoms with Gasteiger partial charge in [0.05, 0.1) is 19.4 Å². The van der Waals surface area contributed by atoms with Crippen molar-refractivity contribution in [2.45, 2.75) is 51.6 Å². The number of furan rings is 1. The van der Waals surface area contributed by atoms with E-state index in [0.29, 0.717) is 12.3 Å². The van der Waals surface area contributed by atoms with Crippen LogP contribution in [-0.2, 0) is 16.1 Å². The first-order valence-electron chi connectivity index (χ1n) is 7.22. The Kier molecular flexibility index (Phi) is 5.21. The van der Waals surface area contributed by atoms with Gasteiger partial charge in [-0.25, -0.2) is 0 Å². The molecule has 20 heavy (non-hydrogen) atoms. The summed E-state index contributed by atoms with van der Waals surface area (Å²) in [6.45, 7) is 1.89. The summed E-state index contributed by atoms with van der Waals surface area (Å²) in [5.74, 6) is 0.476. The van der Waals surface area contributed by atoms with Crippen molar-refractivity contribution in [3.63, 3.8) is 0 Å². The number of carbonyl (C=O) groups is 2. The summed E-state index contributed by atoms with van der Waals surface area (Å²) in [6, 6.07) is 3.85. The lowest BCUT2D eigenvalue weighted by Gasteiger charge is -2.25. The molecule has 5 nitrogen and oxygen atoms in total. The van der Waals surface area contributed by atoms with Gasteiger partial charge in [0, 0.05) is 13.0 Å². The lowest BCUT2D eigenvalue weighted by molar-refractivity contribution is -0.135. The van der Waals surface area contributed by atoms with E-state index in [2.05, 4.69) is 5.32 Å². The molecule has 5 heteroatoms. The molecule has 2 rings (SSSR count). The molecule has 1 aliphatic carbocycles. The molecule has 0 saturated heterocycles. The molecule has 1 aliphatic rings. The summed E-state index contributed by atoms with van der Waals surface area (Å²) in [4.78, 5) is 25.1. The summed E-state index contributed by atoms with van der Waals surface area (Å²) in [5, 5.41) is 3.02. The molecule has 1 saturated carbocycles. The molecule has 1 heterocycles. The fourth-order valence-electron chi connectivity index (χ4n) is 2.56. The average molecular weight is 278 g/mol. The Bertz CT molecular complexity index is 436. The van der Waals surface area contributed by atoms with E-state index in [4.69, 9.17) is 4.42 Å². The maximum atomic E-state index is 12.0. The van der Waals surface area contributed by atoms with Gasteiger partial charge in [-0.2, -0.15) is 0 Å². The summed E-state index contributed by atoms with van der Waals surface area (Å²) in [5.41, 5.74) is 0. The lowest BCUT2D eigenvalue weighted by atomic mass is 9.95. The molecule has 0 aromatic carbocycles. The van der Waals surface area contributed by atoms with Gasteiger partial charge in [0.2, 0.25) is 11.8 Å². The summed E-state index contributed by atoms with van der Waals surface area (Å²) >= 11 is 0. The largest absolute Gasteiger partial charge is 0.467 e. The summed E-state index contributed by atoms with van der Waals surface area (Å²) in [6.07, 6.45) is 7.26. The van der Waals surface area contributed by atoms with Gasteiger partial charge in [0.1, 0.15) is 5.76 Å². The monoisotopic (exact) mass is 278 g/mol. The van der Waals surface area contributed by atoms with E-state index in [-0.39, 0.29) is 24.4 Å². The van der Waals surface area contributed by atoms with Crippen LogP contribution >= 0.6 is 0 Å². The number of carbonyl (C=O) groups excluding carboxylic acids is 2. The zero-order valence-corrected chi connectivity index (χ0v) is 11.9. The maximum absolute atomic E-state index is 12.0. The fourth-order valence-corrected chi connectivity index (χ4v) is 2.56. The van der Waals surface area contributed by atoms with Crippen LogP contribution in [0.4, 0.5) is 0 Å². The Morgan fingerprint density at radius 1 is 1.35 bits per heavy atom. The van der Waals surface area contributed by atoms with Crippen LogP contribution in [0.25, 0.3) is 0 Å². The van der Waals surface area contributed by atoms with Crippen molar-refractivity contribution < 1.29 is 14.0 Å². The molecular weight excluding hydrogens is 256 g/mol. The molecule has 1 fully saturated rings. The lowest BCUT2D eigenvalue weighted by Crippen LogP contribution is -2.43. The Morgan fingerprint density at radius 3 is 2.70 bits per heavy atom. The van der Waals surface area contributed by atoms with Gasteiger partial charge in [-0.05, 0) is 25.0 Å². The van der Waals surface area contributed by atoms with E-state index in [1.54, 1.807) is 18.4 Å². The number of nitrogens with one attached hydrogen (secondary N) is 1. The van der Waals surface area contributed by atoms with Crippen LogP contribution in [-0.4, -0.2) is 29.3 Å². The number of amides is 2. The van der Waals surface area contributed by atoms with Crippen molar-refractivity contribution in [2.24, 2.45) is 0 Å². The molecule has 0 radical (unpaired) electrons. The van der Waals surface area contributed by atoms with Crippen LogP contribution in [0.2, 0.25) is 0 Å². The van der Waals surface area contributed by atoms with Crippen molar-refractivity contribution in [2.75, 3.05) is 6.54 Å². The van der Waals surface area contributed by atoms with Crippen molar-refractivity contribution in [1.29, 1.82) is 0 Å². The number of rotatable bonds is 5. The third-order valence-electron chi connectivity index (χ3n) is 3.68. The smallest absolute Gasteiger partial charge is 0.239 e. The highest BCUT2D eigenvalue weighted by atomic mass is 16.3. The Morgan fingerprint density at radius 2 is 2.10 bits per heavy atom. The molecule has 2 amide bonds. The second-order valence-electron chi connectivity index (χ2n) is 5.36. The predicted octanol–water partition coefficient (Wildman–Crippen LogP) is 2.08. The molecular formula is C15H22N2O3. The van der Waals surface area contributed by atoms with Crippen molar-refractivity contribution in [3.05, 3.63) is 24.2 Å². The van der Waals surface area contributed by atoms with Crippen LogP contribution in [0.5, 0.6) is 0 Å². The van der Waals surface area contributed by atoms with Crippen LogP contribution in [0.1, 0.15) is 44.8 Å². The van der Waals surface area contributed by atoms with E-state index in [9.17, 15) is 9.59 Å². The van der Waals surface area contributed by atoms with Gasteiger partial charge in [0.15, 0.2) is 0 Å². The highest BCUT2D eigenvalue weighted by molar-refractivity contribution is 5.83. The first-order chi connectivity index (χ1) is 9.65. The predicted molar refractivity (Wildman–Crippen MR) is 74.8 cm³/mol. The normalized spacial score (nSPS) is 15.8. The molecule has 0 atom stereocenters. The zero-order valence-electron chi connectivity index (χ0n) is 11.9. The molecule has 0 aliphatic heterocycles. The van der Waals surface area contributed by atoms with Crippen LogP contribution < -0.4 is 5.32 Å².